The zero-order chi connectivity index (χ0) is 13.7. The van der Waals surface area contributed by atoms with Crippen LogP contribution in [-0.4, -0.2) is 13.1 Å². The number of esters is 1. The number of anilines is 1. The Balaban J connectivity index is 2.15. The number of thiophene rings is 1. The fourth-order valence-corrected chi connectivity index (χ4v) is 2.35. The topological polar surface area (TPSA) is 73.6 Å². The summed E-state index contributed by atoms with van der Waals surface area (Å²) in [6.45, 7) is 0.381. The van der Waals surface area contributed by atoms with E-state index >= 15 is 0 Å². The molecule has 5 nitrogen and oxygen atoms in total. The molecular formula is C13H14N2O3S. The third-order valence-electron chi connectivity index (χ3n) is 2.45. The van der Waals surface area contributed by atoms with Crippen molar-refractivity contribution < 1.29 is 14.3 Å². The highest BCUT2D eigenvalue weighted by Crippen LogP contribution is 2.33. The van der Waals surface area contributed by atoms with Gasteiger partial charge in [-0.3, -0.25) is 0 Å². The Kier molecular flexibility index (Phi) is 4.38. The van der Waals surface area contributed by atoms with Crippen molar-refractivity contribution in [3.8, 4) is 5.75 Å². The van der Waals surface area contributed by atoms with Gasteiger partial charge in [0.2, 0.25) is 0 Å². The minimum Gasteiger partial charge on any atom is -0.487 e. The lowest BCUT2D eigenvalue weighted by molar-refractivity contribution is 0.0601. The van der Waals surface area contributed by atoms with Crippen LogP contribution in [-0.2, 0) is 11.3 Å². The van der Waals surface area contributed by atoms with E-state index in [1.165, 1.54) is 18.4 Å². The summed E-state index contributed by atoms with van der Waals surface area (Å²) in [5.74, 6) is 5.36. The number of nitrogens with one attached hydrogen (secondary N) is 1. The van der Waals surface area contributed by atoms with E-state index in [1.807, 2.05) is 30.3 Å². The Hall–Kier alpha value is -2.05. The summed E-state index contributed by atoms with van der Waals surface area (Å²) in [7, 11) is 1.33. The van der Waals surface area contributed by atoms with Gasteiger partial charge in [0.25, 0.3) is 0 Å². The van der Waals surface area contributed by atoms with Crippen molar-refractivity contribution in [3.63, 3.8) is 0 Å². The van der Waals surface area contributed by atoms with E-state index in [2.05, 4.69) is 5.43 Å². The summed E-state index contributed by atoms with van der Waals surface area (Å²) in [4.78, 5) is 12.0. The molecule has 0 spiro atoms. The van der Waals surface area contributed by atoms with E-state index in [9.17, 15) is 4.79 Å². The van der Waals surface area contributed by atoms with Gasteiger partial charge in [-0.1, -0.05) is 30.3 Å². The molecule has 19 heavy (non-hydrogen) atoms. The lowest BCUT2D eigenvalue weighted by Crippen LogP contribution is -2.04. The first-order valence-electron chi connectivity index (χ1n) is 5.60. The number of methoxy groups -OCH3 is 1. The van der Waals surface area contributed by atoms with E-state index in [-0.39, 0.29) is 0 Å². The van der Waals surface area contributed by atoms with Crippen LogP contribution in [0, 0.1) is 0 Å². The van der Waals surface area contributed by atoms with Crippen LogP contribution in [0.15, 0.2) is 36.4 Å². The van der Waals surface area contributed by atoms with Gasteiger partial charge in [-0.15, -0.1) is 11.3 Å². The molecule has 0 amide bonds. The normalized spacial score (nSPS) is 10.0. The van der Waals surface area contributed by atoms with Gasteiger partial charge in [-0.05, 0) is 5.56 Å². The highest BCUT2D eigenvalue weighted by molar-refractivity contribution is 7.18. The molecule has 0 aliphatic rings. The van der Waals surface area contributed by atoms with Crippen molar-refractivity contribution in [2.24, 2.45) is 5.84 Å². The monoisotopic (exact) mass is 278 g/mol. The molecule has 0 saturated heterocycles. The second-order valence-corrected chi connectivity index (χ2v) is 4.77. The number of nitrogen functional groups attached to an aromatic ring is 1. The number of hydrogen-bond acceptors (Lipinski definition) is 6. The first kappa shape index (κ1) is 13.4. The molecule has 0 atom stereocenters. The Labute approximate surface area is 114 Å². The average molecular weight is 278 g/mol. The van der Waals surface area contributed by atoms with Gasteiger partial charge in [0.15, 0.2) is 4.88 Å². The quantitative estimate of drug-likeness (QED) is 0.499. The molecule has 1 aromatic carbocycles. The van der Waals surface area contributed by atoms with Crippen molar-refractivity contribution in [2.75, 3.05) is 12.5 Å². The van der Waals surface area contributed by atoms with Crippen molar-refractivity contribution in [2.45, 2.75) is 6.61 Å². The maximum Gasteiger partial charge on any atom is 0.351 e. The van der Waals surface area contributed by atoms with E-state index < -0.39 is 5.97 Å². The SMILES string of the molecule is COC(=O)c1sc(NN)cc1OCc1ccccc1. The van der Waals surface area contributed by atoms with E-state index in [4.69, 9.17) is 15.3 Å². The number of hydrogen-bond donors (Lipinski definition) is 2. The second-order valence-electron chi connectivity index (χ2n) is 3.71. The van der Waals surface area contributed by atoms with Gasteiger partial charge in [-0.2, -0.15) is 0 Å². The number of rotatable bonds is 5. The van der Waals surface area contributed by atoms with Crippen molar-refractivity contribution in [1.82, 2.24) is 0 Å². The van der Waals surface area contributed by atoms with Gasteiger partial charge in [0.1, 0.15) is 17.4 Å². The third-order valence-corrected chi connectivity index (χ3v) is 3.48. The highest BCUT2D eigenvalue weighted by atomic mass is 32.1. The molecule has 6 heteroatoms. The fourth-order valence-electron chi connectivity index (χ4n) is 1.52. The summed E-state index contributed by atoms with van der Waals surface area (Å²) in [6, 6.07) is 11.4. The average Bonchev–Trinajstić information content (AvgIpc) is 2.88. The molecule has 0 bridgehead atoms. The zero-order valence-electron chi connectivity index (χ0n) is 10.4. The summed E-state index contributed by atoms with van der Waals surface area (Å²) >= 11 is 1.19. The Bertz CT molecular complexity index is 554. The molecule has 2 rings (SSSR count). The summed E-state index contributed by atoms with van der Waals surface area (Å²) in [5, 5.41) is 0.642. The van der Waals surface area contributed by atoms with Crippen LogP contribution in [0.25, 0.3) is 0 Å². The molecule has 0 unspecified atom stereocenters. The Morgan fingerprint density at radius 1 is 1.37 bits per heavy atom. The molecule has 1 heterocycles. The van der Waals surface area contributed by atoms with E-state index in [0.717, 1.165) is 5.56 Å². The molecule has 0 aliphatic heterocycles. The van der Waals surface area contributed by atoms with Crippen molar-refractivity contribution >= 4 is 22.3 Å². The van der Waals surface area contributed by atoms with Crippen LogP contribution in [0.5, 0.6) is 5.75 Å². The molecule has 2 aromatic rings. The first-order valence-corrected chi connectivity index (χ1v) is 6.41. The van der Waals surface area contributed by atoms with Gasteiger partial charge in [0.05, 0.1) is 7.11 Å². The largest absolute Gasteiger partial charge is 0.487 e. The number of ether oxygens (including phenoxy) is 2. The van der Waals surface area contributed by atoms with Crippen LogP contribution in [0.1, 0.15) is 15.2 Å². The van der Waals surface area contributed by atoms with Gasteiger partial charge in [-0.25, -0.2) is 10.6 Å². The summed E-state index contributed by atoms with van der Waals surface area (Å²) in [5.41, 5.74) is 3.52. The van der Waals surface area contributed by atoms with Gasteiger partial charge in [0, 0.05) is 6.07 Å². The number of carbonyl (C=O) groups excluding carboxylic acids is 1. The predicted molar refractivity (Wildman–Crippen MR) is 74.2 cm³/mol. The number of hydrazine groups is 1. The Morgan fingerprint density at radius 2 is 2.11 bits per heavy atom. The molecule has 1 aromatic heterocycles. The standard InChI is InChI=1S/C13H14N2O3S/c1-17-13(16)12-10(7-11(15-14)19-12)18-8-9-5-3-2-4-6-9/h2-7,15H,8,14H2,1H3. The van der Waals surface area contributed by atoms with Crippen LogP contribution in [0.4, 0.5) is 5.00 Å². The fraction of sp³-hybridized carbons (Fsp3) is 0.154. The molecular weight excluding hydrogens is 264 g/mol. The first-order chi connectivity index (χ1) is 9.24. The van der Waals surface area contributed by atoms with E-state index in [0.29, 0.717) is 22.2 Å². The number of benzene rings is 1. The second kappa shape index (κ2) is 6.21. The molecule has 0 radical (unpaired) electrons. The van der Waals surface area contributed by atoms with Gasteiger partial charge < -0.3 is 14.9 Å². The third kappa shape index (κ3) is 3.24. The molecule has 0 aliphatic carbocycles. The molecule has 100 valence electrons. The van der Waals surface area contributed by atoms with E-state index in [1.54, 1.807) is 6.07 Å². The lowest BCUT2D eigenvalue weighted by Gasteiger charge is -2.05. The maximum atomic E-state index is 11.6. The number of nitrogens with two attached hydrogens (primary N) is 1. The summed E-state index contributed by atoms with van der Waals surface area (Å²) < 4.78 is 10.4. The van der Waals surface area contributed by atoms with Gasteiger partial charge >= 0.3 is 5.97 Å². The van der Waals surface area contributed by atoms with Crippen LogP contribution >= 0.6 is 11.3 Å². The van der Waals surface area contributed by atoms with Crippen LogP contribution < -0.4 is 16.0 Å². The van der Waals surface area contributed by atoms with Crippen LogP contribution in [0.2, 0.25) is 0 Å². The summed E-state index contributed by atoms with van der Waals surface area (Å²) in [6.07, 6.45) is 0. The zero-order valence-corrected chi connectivity index (χ0v) is 11.2. The van der Waals surface area contributed by atoms with Crippen molar-refractivity contribution in [1.29, 1.82) is 0 Å². The maximum absolute atomic E-state index is 11.6. The van der Waals surface area contributed by atoms with Crippen molar-refractivity contribution in [3.05, 3.63) is 46.8 Å². The molecule has 0 saturated carbocycles. The lowest BCUT2D eigenvalue weighted by atomic mass is 10.2. The smallest absolute Gasteiger partial charge is 0.351 e. The minimum atomic E-state index is -0.436. The molecule has 0 fully saturated rings. The number of carbonyl (C=O) groups is 1. The van der Waals surface area contributed by atoms with Crippen LogP contribution in [0.3, 0.4) is 0 Å². The highest BCUT2D eigenvalue weighted by Gasteiger charge is 2.18. The molecule has 3 N–H and O–H groups in total. The predicted octanol–water partition coefficient (Wildman–Crippen LogP) is 2.40. The Morgan fingerprint density at radius 3 is 2.74 bits per heavy atom. The minimum absolute atomic E-state index is 0.381.